The molecule has 2 N–H and O–H groups in total. The van der Waals surface area contributed by atoms with Gasteiger partial charge in [-0.05, 0) is 48.7 Å². The van der Waals surface area contributed by atoms with Crippen LogP contribution in [0.2, 0.25) is 0 Å². The van der Waals surface area contributed by atoms with Crippen LogP contribution in [0.3, 0.4) is 0 Å². The summed E-state index contributed by atoms with van der Waals surface area (Å²) in [5.41, 5.74) is 4.22. The normalized spacial score (nSPS) is 18.8. The van der Waals surface area contributed by atoms with Crippen LogP contribution in [-0.2, 0) is 0 Å². The van der Waals surface area contributed by atoms with Gasteiger partial charge in [-0.1, -0.05) is 19.9 Å². The van der Waals surface area contributed by atoms with E-state index >= 15 is 0 Å². The lowest BCUT2D eigenvalue weighted by atomic mass is 10.0. The van der Waals surface area contributed by atoms with Gasteiger partial charge in [-0.2, -0.15) is 10.3 Å². The Morgan fingerprint density at radius 1 is 1.21 bits per heavy atom. The number of carbonyl (C=O) groups is 1. The lowest BCUT2D eigenvalue weighted by molar-refractivity contribution is 0.0976. The number of aliphatic imine (C=N–C) groups is 2. The lowest BCUT2D eigenvalue weighted by Gasteiger charge is -2.18. The summed E-state index contributed by atoms with van der Waals surface area (Å²) in [5, 5.41) is 13.5. The molecule has 1 heterocycles. The number of nitrogens with one attached hydrogen (secondary N) is 2. The Morgan fingerprint density at radius 2 is 1.91 bits per heavy atom. The highest BCUT2D eigenvalue weighted by Gasteiger charge is 2.28. The first-order valence-electron chi connectivity index (χ1n) is 10.6. The molecule has 0 aromatic heterocycles. The third-order valence-corrected chi connectivity index (χ3v) is 5.44. The Morgan fingerprint density at radius 3 is 2.55 bits per heavy atom. The fourth-order valence-electron chi connectivity index (χ4n) is 3.29. The van der Waals surface area contributed by atoms with Gasteiger partial charge in [-0.15, -0.1) is 0 Å². The molecule has 0 aliphatic carbocycles. The summed E-state index contributed by atoms with van der Waals surface area (Å²) in [6, 6.07) is 11.3. The third kappa shape index (κ3) is 6.20. The van der Waals surface area contributed by atoms with E-state index in [-0.39, 0.29) is 24.0 Å². The van der Waals surface area contributed by atoms with Crippen LogP contribution in [0.15, 0.2) is 52.4 Å². The number of guanidine groups is 1. The second-order valence-corrected chi connectivity index (χ2v) is 8.29. The monoisotopic (exact) mass is 452 g/mol. The van der Waals surface area contributed by atoms with E-state index in [0.717, 1.165) is 6.07 Å². The molecule has 9 heteroatoms. The fourth-order valence-corrected chi connectivity index (χ4v) is 3.29. The van der Waals surface area contributed by atoms with Crippen molar-refractivity contribution in [3.05, 3.63) is 70.8 Å². The SMILES string of the molecule is CC(C)C(C)N=C(N=C1CC(c2cc(F)cc(F)c2)N(C)N1)NC(=O)c1cccc(C#N)c1. The molecule has 0 saturated carbocycles. The number of halogens is 2. The van der Waals surface area contributed by atoms with Gasteiger partial charge in [0.15, 0.2) is 0 Å². The standard InChI is InChI=1S/C24H26F2N6O/c1-14(2)15(3)28-24(30-23(33)17-7-5-6-16(8-17)13-27)29-22-12-21(32(4)31-22)18-9-19(25)11-20(26)10-18/h5-11,14-15,21H,12H2,1-4H3,(H2,28,29,30,31,33). The van der Waals surface area contributed by atoms with Crippen LogP contribution in [0.5, 0.6) is 0 Å². The second kappa shape index (κ2) is 10.3. The van der Waals surface area contributed by atoms with Crippen molar-refractivity contribution >= 4 is 17.7 Å². The Kier molecular flexibility index (Phi) is 7.51. The van der Waals surface area contributed by atoms with E-state index in [2.05, 4.69) is 20.7 Å². The highest BCUT2D eigenvalue weighted by atomic mass is 19.1. The first-order valence-corrected chi connectivity index (χ1v) is 10.6. The zero-order valence-electron chi connectivity index (χ0n) is 18.9. The molecule has 2 aromatic rings. The topological polar surface area (TPSA) is 92.9 Å². The van der Waals surface area contributed by atoms with Gasteiger partial charge in [0.25, 0.3) is 5.91 Å². The van der Waals surface area contributed by atoms with E-state index in [1.54, 1.807) is 30.3 Å². The Hall–Kier alpha value is -3.64. The van der Waals surface area contributed by atoms with Crippen molar-refractivity contribution in [3.8, 4) is 6.07 Å². The lowest BCUT2D eigenvalue weighted by Crippen LogP contribution is -2.35. The largest absolute Gasteiger partial charge is 0.306 e. The van der Waals surface area contributed by atoms with Crippen LogP contribution in [0, 0.1) is 28.9 Å². The van der Waals surface area contributed by atoms with E-state index in [4.69, 9.17) is 5.26 Å². The number of rotatable bonds is 4. The van der Waals surface area contributed by atoms with Crippen molar-refractivity contribution in [2.45, 2.75) is 39.3 Å². The first-order chi connectivity index (χ1) is 15.7. The molecule has 172 valence electrons. The molecular formula is C24H26F2N6O. The Bertz CT molecular complexity index is 1120. The summed E-state index contributed by atoms with van der Waals surface area (Å²) in [4.78, 5) is 21.8. The van der Waals surface area contributed by atoms with E-state index in [1.165, 1.54) is 18.2 Å². The van der Waals surface area contributed by atoms with Crippen LogP contribution in [-0.4, -0.2) is 35.8 Å². The molecular weight excluding hydrogens is 426 g/mol. The minimum Gasteiger partial charge on any atom is -0.306 e. The summed E-state index contributed by atoms with van der Waals surface area (Å²) in [6.07, 6.45) is 0.342. The molecule has 1 saturated heterocycles. The fraction of sp³-hybridized carbons (Fsp3) is 0.333. The molecule has 1 aliphatic heterocycles. The van der Waals surface area contributed by atoms with Crippen molar-refractivity contribution in [2.75, 3.05) is 7.05 Å². The van der Waals surface area contributed by atoms with Gasteiger partial charge in [0.05, 0.1) is 23.7 Å². The molecule has 7 nitrogen and oxygen atoms in total. The first kappa shape index (κ1) is 24.0. The quantitative estimate of drug-likeness (QED) is 0.543. The van der Waals surface area contributed by atoms with Gasteiger partial charge < -0.3 is 5.43 Å². The maximum Gasteiger partial charge on any atom is 0.258 e. The molecule has 2 aromatic carbocycles. The average molecular weight is 453 g/mol. The van der Waals surface area contributed by atoms with Crippen LogP contribution < -0.4 is 10.7 Å². The van der Waals surface area contributed by atoms with Gasteiger partial charge in [0.2, 0.25) is 5.96 Å². The number of benzene rings is 2. The molecule has 3 rings (SSSR count). The van der Waals surface area contributed by atoms with Crippen LogP contribution >= 0.6 is 0 Å². The number of amides is 1. The second-order valence-electron chi connectivity index (χ2n) is 8.29. The van der Waals surface area contributed by atoms with Crippen LogP contribution in [0.4, 0.5) is 8.78 Å². The summed E-state index contributed by atoms with van der Waals surface area (Å²) >= 11 is 0. The van der Waals surface area contributed by atoms with Gasteiger partial charge in [0, 0.05) is 25.1 Å². The molecule has 33 heavy (non-hydrogen) atoms. The van der Waals surface area contributed by atoms with Crippen molar-refractivity contribution in [1.29, 1.82) is 5.26 Å². The van der Waals surface area contributed by atoms with E-state index in [0.29, 0.717) is 28.9 Å². The van der Waals surface area contributed by atoms with Crippen LogP contribution in [0.1, 0.15) is 54.7 Å². The maximum absolute atomic E-state index is 13.7. The summed E-state index contributed by atoms with van der Waals surface area (Å²) in [7, 11) is 1.75. The minimum absolute atomic E-state index is 0.116. The molecule has 1 amide bonds. The minimum atomic E-state index is -0.649. The Labute approximate surface area is 191 Å². The third-order valence-electron chi connectivity index (χ3n) is 5.44. The number of nitrogens with zero attached hydrogens (tertiary/aromatic N) is 4. The van der Waals surface area contributed by atoms with Gasteiger partial charge in [-0.25, -0.2) is 18.8 Å². The number of nitriles is 1. The number of amidine groups is 1. The average Bonchev–Trinajstić information content (AvgIpc) is 3.12. The smallest absolute Gasteiger partial charge is 0.258 e. The van der Waals surface area contributed by atoms with E-state index in [1.807, 2.05) is 26.8 Å². The summed E-state index contributed by atoms with van der Waals surface area (Å²) in [6.45, 7) is 5.93. The molecule has 1 aliphatic rings. The van der Waals surface area contributed by atoms with Crippen molar-refractivity contribution < 1.29 is 13.6 Å². The van der Waals surface area contributed by atoms with Gasteiger partial charge >= 0.3 is 0 Å². The van der Waals surface area contributed by atoms with Crippen molar-refractivity contribution in [1.82, 2.24) is 15.8 Å². The number of carbonyl (C=O) groups excluding carboxylic acids is 1. The van der Waals surface area contributed by atoms with E-state index < -0.39 is 17.5 Å². The van der Waals surface area contributed by atoms with Crippen molar-refractivity contribution in [2.24, 2.45) is 15.9 Å². The molecule has 0 bridgehead atoms. The highest BCUT2D eigenvalue weighted by Crippen LogP contribution is 2.28. The molecule has 2 atom stereocenters. The van der Waals surface area contributed by atoms with E-state index in [9.17, 15) is 13.6 Å². The molecule has 2 unspecified atom stereocenters. The number of hydrazine groups is 1. The highest BCUT2D eigenvalue weighted by molar-refractivity contribution is 6.09. The zero-order valence-corrected chi connectivity index (χ0v) is 18.9. The maximum atomic E-state index is 13.7. The van der Waals surface area contributed by atoms with Gasteiger partial charge in [0.1, 0.15) is 17.5 Å². The molecule has 0 spiro atoms. The van der Waals surface area contributed by atoms with Crippen LogP contribution in [0.25, 0.3) is 0 Å². The zero-order chi connectivity index (χ0) is 24.1. The number of hydrogen-bond acceptors (Lipinski definition) is 4. The number of hydrogen-bond donors (Lipinski definition) is 2. The predicted molar refractivity (Wildman–Crippen MR) is 122 cm³/mol. The Balaban J connectivity index is 1.87. The molecule has 0 radical (unpaired) electrons. The predicted octanol–water partition coefficient (Wildman–Crippen LogP) is 3.95. The molecule has 1 fully saturated rings. The summed E-state index contributed by atoms with van der Waals surface area (Å²) in [5.74, 6) is -0.923. The van der Waals surface area contributed by atoms with Gasteiger partial charge in [-0.3, -0.25) is 10.1 Å². The summed E-state index contributed by atoms with van der Waals surface area (Å²) < 4.78 is 27.4. The van der Waals surface area contributed by atoms with Crippen molar-refractivity contribution in [3.63, 3.8) is 0 Å².